The molecular weight excluding hydrogens is 298 g/mol. The molecule has 1 aromatic rings. The monoisotopic (exact) mass is 317 g/mol. The molecule has 1 heterocycles. The number of hydrogen-bond donors (Lipinski definition) is 1. The Balaban J connectivity index is 2.18. The molecule has 1 saturated carbocycles. The number of carbonyl (C=O) groups is 1. The number of carboxylic acid groups (broad SMARTS) is 1. The fourth-order valence-corrected chi connectivity index (χ4v) is 5.26. The molecule has 2 rings (SSSR count). The van der Waals surface area contributed by atoms with Crippen molar-refractivity contribution in [1.82, 2.24) is 4.31 Å². The quantitative estimate of drug-likeness (QED) is 0.926. The van der Waals surface area contributed by atoms with Crippen LogP contribution in [-0.4, -0.2) is 36.9 Å². The van der Waals surface area contributed by atoms with E-state index in [2.05, 4.69) is 6.92 Å². The Labute approximate surface area is 123 Å². The molecule has 112 valence electrons. The highest BCUT2D eigenvalue weighted by Gasteiger charge is 2.31. The summed E-state index contributed by atoms with van der Waals surface area (Å²) in [5.41, 5.74) is 0.0271. The van der Waals surface area contributed by atoms with Crippen LogP contribution >= 0.6 is 11.3 Å². The van der Waals surface area contributed by atoms with Crippen molar-refractivity contribution in [2.45, 2.75) is 42.9 Å². The molecule has 1 aliphatic carbocycles. The maximum absolute atomic E-state index is 12.5. The van der Waals surface area contributed by atoms with Crippen LogP contribution in [-0.2, 0) is 10.0 Å². The van der Waals surface area contributed by atoms with E-state index in [9.17, 15) is 13.2 Å². The summed E-state index contributed by atoms with van der Waals surface area (Å²) in [5.74, 6) is -0.445. The number of rotatable bonds is 4. The van der Waals surface area contributed by atoms with Crippen molar-refractivity contribution in [3.8, 4) is 0 Å². The van der Waals surface area contributed by atoms with Crippen molar-refractivity contribution in [1.29, 1.82) is 0 Å². The van der Waals surface area contributed by atoms with Gasteiger partial charge in [-0.15, -0.1) is 11.3 Å². The van der Waals surface area contributed by atoms with E-state index in [-0.39, 0.29) is 15.8 Å². The summed E-state index contributed by atoms with van der Waals surface area (Å²) in [5, 5.41) is 10.2. The van der Waals surface area contributed by atoms with Gasteiger partial charge in [0.25, 0.3) is 10.0 Å². The second-order valence-corrected chi connectivity index (χ2v) is 8.53. The molecule has 1 fully saturated rings. The second-order valence-electron chi connectivity index (χ2n) is 5.39. The zero-order valence-electron chi connectivity index (χ0n) is 11.6. The van der Waals surface area contributed by atoms with Crippen LogP contribution in [0.1, 0.15) is 43.0 Å². The maximum atomic E-state index is 12.5. The first-order chi connectivity index (χ1) is 9.32. The van der Waals surface area contributed by atoms with E-state index in [0.29, 0.717) is 5.92 Å². The van der Waals surface area contributed by atoms with Gasteiger partial charge in [0, 0.05) is 18.5 Å². The molecule has 0 saturated heterocycles. The molecule has 0 amide bonds. The van der Waals surface area contributed by atoms with Crippen molar-refractivity contribution in [2.24, 2.45) is 5.92 Å². The van der Waals surface area contributed by atoms with Gasteiger partial charge >= 0.3 is 5.97 Å². The van der Waals surface area contributed by atoms with Gasteiger partial charge in [0.05, 0.1) is 5.56 Å². The molecule has 0 aliphatic heterocycles. The van der Waals surface area contributed by atoms with Crippen LogP contribution < -0.4 is 0 Å². The predicted octanol–water partition coefficient (Wildman–Crippen LogP) is 2.65. The molecule has 0 atom stereocenters. The summed E-state index contributed by atoms with van der Waals surface area (Å²) in [6.07, 6.45) is 3.81. The summed E-state index contributed by atoms with van der Waals surface area (Å²) in [4.78, 5) is 10.8. The Kier molecular flexibility index (Phi) is 4.51. The Morgan fingerprint density at radius 3 is 2.45 bits per heavy atom. The van der Waals surface area contributed by atoms with Crippen LogP contribution in [0.15, 0.2) is 15.7 Å². The van der Waals surface area contributed by atoms with Crippen LogP contribution in [0.2, 0.25) is 0 Å². The molecular formula is C13H19NO4S2. The molecule has 1 N–H and O–H groups in total. The van der Waals surface area contributed by atoms with Crippen molar-refractivity contribution in [2.75, 3.05) is 7.05 Å². The van der Waals surface area contributed by atoms with Gasteiger partial charge in [-0.3, -0.25) is 0 Å². The van der Waals surface area contributed by atoms with Gasteiger partial charge < -0.3 is 5.11 Å². The molecule has 0 unspecified atom stereocenters. The van der Waals surface area contributed by atoms with Crippen LogP contribution in [0, 0.1) is 5.92 Å². The summed E-state index contributed by atoms with van der Waals surface area (Å²) >= 11 is 0.967. The lowest BCUT2D eigenvalue weighted by Crippen LogP contribution is -2.38. The topological polar surface area (TPSA) is 74.7 Å². The number of nitrogens with zero attached hydrogens (tertiary/aromatic N) is 1. The zero-order chi connectivity index (χ0) is 14.9. The van der Waals surface area contributed by atoms with Gasteiger partial charge in [0.1, 0.15) is 4.21 Å². The maximum Gasteiger partial charge on any atom is 0.336 e. The summed E-state index contributed by atoms with van der Waals surface area (Å²) in [7, 11) is -1.99. The first-order valence-corrected chi connectivity index (χ1v) is 8.94. The minimum absolute atomic E-state index is 0.0200. The molecule has 0 spiro atoms. The van der Waals surface area contributed by atoms with Crippen molar-refractivity contribution in [3.05, 3.63) is 17.0 Å². The van der Waals surface area contributed by atoms with Crippen molar-refractivity contribution in [3.63, 3.8) is 0 Å². The van der Waals surface area contributed by atoms with E-state index < -0.39 is 16.0 Å². The highest BCUT2D eigenvalue weighted by atomic mass is 32.2. The van der Waals surface area contributed by atoms with Crippen LogP contribution in [0.4, 0.5) is 0 Å². The molecule has 0 radical (unpaired) electrons. The lowest BCUT2D eigenvalue weighted by molar-refractivity contribution is 0.0697. The van der Waals surface area contributed by atoms with Crippen LogP contribution in [0.5, 0.6) is 0 Å². The molecule has 20 heavy (non-hydrogen) atoms. The Bertz CT molecular complexity index is 585. The first-order valence-electron chi connectivity index (χ1n) is 6.62. The van der Waals surface area contributed by atoms with Gasteiger partial charge in [-0.25, -0.2) is 13.2 Å². The van der Waals surface area contributed by atoms with Crippen molar-refractivity contribution >= 4 is 27.3 Å². The van der Waals surface area contributed by atoms with Gasteiger partial charge in [0.15, 0.2) is 0 Å². The number of sulfonamides is 1. The third-order valence-electron chi connectivity index (χ3n) is 3.96. The minimum Gasteiger partial charge on any atom is -0.478 e. The summed E-state index contributed by atoms with van der Waals surface area (Å²) < 4.78 is 26.5. The molecule has 1 aromatic heterocycles. The molecule has 0 aromatic carbocycles. The minimum atomic E-state index is -3.58. The van der Waals surface area contributed by atoms with E-state index in [1.54, 1.807) is 7.05 Å². The lowest BCUT2D eigenvalue weighted by atomic mass is 9.87. The third-order valence-corrected chi connectivity index (χ3v) is 7.28. The van der Waals surface area contributed by atoms with E-state index in [4.69, 9.17) is 5.11 Å². The standard InChI is InChI=1S/C13H19NO4S2/c1-9-3-5-11(6-4-9)14(2)20(17,18)12-7-10(8-19-12)13(15)16/h7-9,11H,3-6H2,1-2H3,(H,15,16). The van der Waals surface area contributed by atoms with Crippen LogP contribution in [0.25, 0.3) is 0 Å². The van der Waals surface area contributed by atoms with Gasteiger partial charge in [-0.1, -0.05) is 6.92 Å². The Morgan fingerprint density at radius 1 is 1.35 bits per heavy atom. The SMILES string of the molecule is CC1CCC(N(C)S(=O)(=O)c2cc(C(=O)O)cs2)CC1. The lowest BCUT2D eigenvalue weighted by Gasteiger charge is -2.32. The van der Waals surface area contributed by atoms with Gasteiger partial charge in [-0.2, -0.15) is 4.31 Å². The number of aromatic carboxylic acids is 1. The predicted molar refractivity (Wildman–Crippen MR) is 77.6 cm³/mol. The first kappa shape index (κ1) is 15.5. The Morgan fingerprint density at radius 2 is 1.95 bits per heavy atom. The normalized spacial score (nSPS) is 23.9. The molecule has 1 aliphatic rings. The van der Waals surface area contributed by atoms with E-state index in [1.165, 1.54) is 15.8 Å². The van der Waals surface area contributed by atoms with Gasteiger partial charge in [-0.05, 0) is 37.7 Å². The van der Waals surface area contributed by atoms with Gasteiger partial charge in [0.2, 0.25) is 0 Å². The summed E-state index contributed by atoms with van der Waals surface area (Å²) in [6, 6.07) is 1.26. The number of thiophene rings is 1. The molecule has 5 nitrogen and oxygen atoms in total. The summed E-state index contributed by atoms with van der Waals surface area (Å²) in [6.45, 7) is 2.18. The zero-order valence-corrected chi connectivity index (χ0v) is 13.2. The average molecular weight is 317 g/mol. The highest BCUT2D eigenvalue weighted by Crippen LogP contribution is 2.31. The van der Waals surface area contributed by atoms with Crippen molar-refractivity contribution < 1.29 is 18.3 Å². The smallest absolute Gasteiger partial charge is 0.336 e. The van der Waals surface area contributed by atoms with E-state index in [0.717, 1.165) is 37.0 Å². The van der Waals surface area contributed by atoms with E-state index >= 15 is 0 Å². The van der Waals surface area contributed by atoms with E-state index in [1.807, 2.05) is 0 Å². The average Bonchev–Trinajstić information content (AvgIpc) is 2.89. The molecule has 7 heteroatoms. The fourth-order valence-electron chi connectivity index (χ4n) is 2.51. The second kappa shape index (κ2) is 5.83. The largest absolute Gasteiger partial charge is 0.478 e. The van der Waals surface area contributed by atoms with Crippen LogP contribution in [0.3, 0.4) is 0 Å². The highest BCUT2D eigenvalue weighted by molar-refractivity contribution is 7.91. The third kappa shape index (κ3) is 3.05. The number of carboxylic acids is 1. The number of hydrogen-bond acceptors (Lipinski definition) is 4. The molecule has 0 bridgehead atoms. The Hall–Kier alpha value is -0.920. The fraction of sp³-hybridized carbons (Fsp3) is 0.615.